The molecule has 14 heavy (non-hydrogen) atoms. The third-order valence-corrected chi connectivity index (χ3v) is 1.78. The maximum atomic E-state index is 9.60. The van der Waals surface area contributed by atoms with Crippen molar-refractivity contribution in [2.45, 2.75) is 45.3 Å². The summed E-state index contributed by atoms with van der Waals surface area (Å²) in [6.07, 6.45) is 2.38. The first kappa shape index (κ1) is 13.4. The van der Waals surface area contributed by atoms with Gasteiger partial charge in [0.15, 0.2) is 0 Å². The summed E-state index contributed by atoms with van der Waals surface area (Å²) in [5, 5.41) is 11.7. The molecule has 1 atom stereocenters. The number of hydrogen-bond acceptors (Lipinski definition) is 4. The van der Waals surface area contributed by atoms with Crippen LogP contribution in [0.3, 0.4) is 0 Å². The highest BCUT2D eigenvalue weighted by molar-refractivity contribution is 5.37. The summed E-state index contributed by atoms with van der Waals surface area (Å²) in [4.78, 5) is 9.60. The third kappa shape index (κ3) is 8.01. The van der Waals surface area contributed by atoms with Gasteiger partial charge in [0.1, 0.15) is 5.60 Å². The van der Waals surface area contributed by atoms with Gasteiger partial charge in [-0.25, -0.2) is 0 Å². The van der Waals surface area contributed by atoms with E-state index in [2.05, 4.69) is 10.1 Å². The predicted octanol–water partition coefficient (Wildman–Crippen LogP) is 0.689. The third-order valence-electron chi connectivity index (χ3n) is 1.78. The van der Waals surface area contributed by atoms with E-state index in [0.717, 1.165) is 13.0 Å². The Hall–Kier alpha value is -0.610. The molecule has 4 nitrogen and oxygen atoms in total. The molecule has 1 unspecified atom stereocenters. The molecule has 0 amide bonds. The van der Waals surface area contributed by atoms with Gasteiger partial charge in [-0.1, -0.05) is 0 Å². The van der Waals surface area contributed by atoms with Crippen molar-refractivity contribution >= 4 is 6.47 Å². The van der Waals surface area contributed by atoms with Crippen LogP contribution in [0.5, 0.6) is 0 Å². The molecule has 0 aromatic heterocycles. The standard InChI is InChI=1S/C5H11NO.C5H10O2/c7-4-5-2-1-3-6-5;1-5(2,3)7-4-6/h5-7H,1-4H2;4H,1-3H3. The quantitative estimate of drug-likeness (QED) is 0.648. The molecule has 4 heteroatoms. The molecule has 2 N–H and O–H groups in total. The topological polar surface area (TPSA) is 58.6 Å². The van der Waals surface area contributed by atoms with Gasteiger partial charge in [0.25, 0.3) is 6.47 Å². The van der Waals surface area contributed by atoms with Crippen LogP contribution < -0.4 is 5.32 Å². The second-order valence-electron chi connectivity index (χ2n) is 4.30. The van der Waals surface area contributed by atoms with Crippen LogP contribution in [0.4, 0.5) is 0 Å². The molecule has 1 aliphatic heterocycles. The van der Waals surface area contributed by atoms with Crippen molar-refractivity contribution in [1.29, 1.82) is 0 Å². The molecule has 1 fully saturated rings. The summed E-state index contributed by atoms with van der Waals surface area (Å²) in [6.45, 7) is 7.31. The molecule has 0 aromatic rings. The Morgan fingerprint density at radius 3 is 2.36 bits per heavy atom. The van der Waals surface area contributed by atoms with E-state index in [4.69, 9.17) is 5.11 Å². The zero-order valence-electron chi connectivity index (χ0n) is 9.25. The van der Waals surface area contributed by atoms with E-state index >= 15 is 0 Å². The fourth-order valence-corrected chi connectivity index (χ4v) is 1.06. The van der Waals surface area contributed by atoms with E-state index in [-0.39, 0.29) is 5.60 Å². The van der Waals surface area contributed by atoms with Crippen LogP contribution in [-0.2, 0) is 9.53 Å². The van der Waals surface area contributed by atoms with Crippen molar-refractivity contribution in [3.63, 3.8) is 0 Å². The summed E-state index contributed by atoms with van der Waals surface area (Å²) >= 11 is 0. The summed E-state index contributed by atoms with van der Waals surface area (Å²) in [7, 11) is 0. The molecule has 1 saturated heterocycles. The van der Waals surface area contributed by atoms with Gasteiger partial charge in [0.05, 0.1) is 6.61 Å². The predicted molar refractivity (Wildman–Crippen MR) is 55.0 cm³/mol. The molecule has 0 aromatic carbocycles. The fraction of sp³-hybridized carbons (Fsp3) is 0.900. The van der Waals surface area contributed by atoms with Crippen molar-refractivity contribution in [1.82, 2.24) is 5.32 Å². The highest BCUT2D eigenvalue weighted by Gasteiger charge is 2.10. The zero-order valence-corrected chi connectivity index (χ0v) is 9.25. The van der Waals surface area contributed by atoms with Gasteiger partial charge in [-0.2, -0.15) is 0 Å². The van der Waals surface area contributed by atoms with Crippen molar-refractivity contribution < 1.29 is 14.6 Å². The minimum atomic E-state index is -0.318. The molecule has 1 rings (SSSR count). The average molecular weight is 203 g/mol. The van der Waals surface area contributed by atoms with Crippen molar-refractivity contribution in [2.75, 3.05) is 13.2 Å². The van der Waals surface area contributed by atoms with Crippen molar-refractivity contribution in [3.8, 4) is 0 Å². The minimum Gasteiger partial charge on any atom is -0.462 e. The molecule has 84 valence electrons. The van der Waals surface area contributed by atoms with Gasteiger partial charge in [0.2, 0.25) is 0 Å². The Morgan fingerprint density at radius 1 is 1.57 bits per heavy atom. The molecule has 0 aliphatic carbocycles. The van der Waals surface area contributed by atoms with Crippen LogP contribution in [0.2, 0.25) is 0 Å². The highest BCUT2D eigenvalue weighted by atomic mass is 16.5. The second kappa shape index (κ2) is 6.79. The number of carbonyl (C=O) groups is 1. The van der Waals surface area contributed by atoms with Crippen LogP contribution in [0.25, 0.3) is 0 Å². The monoisotopic (exact) mass is 203 g/mol. The SMILES string of the molecule is CC(C)(C)OC=O.OCC1CCCN1. The second-order valence-corrected chi connectivity index (χ2v) is 4.30. The fourth-order valence-electron chi connectivity index (χ4n) is 1.06. The van der Waals surface area contributed by atoms with Gasteiger partial charge >= 0.3 is 0 Å². The smallest absolute Gasteiger partial charge is 0.293 e. The Kier molecular flexibility index (Phi) is 6.49. The van der Waals surface area contributed by atoms with E-state index < -0.39 is 0 Å². The van der Waals surface area contributed by atoms with E-state index in [1.807, 2.05) is 20.8 Å². The summed E-state index contributed by atoms with van der Waals surface area (Å²) < 4.78 is 4.55. The van der Waals surface area contributed by atoms with E-state index in [1.165, 1.54) is 6.42 Å². The number of aliphatic hydroxyl groups excluding tert-OH is 1. The average Bonchev–Trinajstić information content (AvgIpc) is 2.54. The van der Waals surface area contributed by atoms with E-state index in [1.54, 1.807) is 0 Å². The van der Waals surface area contributed by atoms with E-state index in [0.29, 0.717) is 19.1 Å². The Morgan fingerprint density at radius 2 is 2.21 bits per heavy atom. The summed E-state index contributed by atoms with van der Waals surface area (Å²) in [6, 6.07) is 0.403. The Balaban J connectivity index is 0.000000241. The number of ether oxygens (including phenoxy) is 1. The molecule has 1 heterocycles. The molecule has 0 saturated carbocycles. The molecular weight excluding hydrogens is 182 g/mol. The number of nitrogens with one attached hydrogen (secondary N) is 1. The largest absolute Gasteiger partial charge is 0.462 e. The number of rotatable bonds is 2. The van der Waals surface area contributed by atoms with Gasteiger partial charge in [-0.05, 0) is 40.2 Å². The lowest BCUT2D eigenvalue weighted by molar-refractivity contribution is -0.138. The lowest BCUT2D eigenvalue weighted by Gasteiger charge is -2.14. The van der Waals surface area contributed by atoms with E-state index in [9.17, 15) is 4.79 Å². The van der Waals surface area contributed by atoms with Gasteiger partial charge < -0.3 is 15.2 Å². The molecular formula is C10H21NO3. The highest BCUT2D eigenvalue weighted by Crippen LogP contribution is 2.02. The molecule has 0 spiro atoms. The van der Waals surface area contributed by atoms with Crippen LogP contribution in [0.15, 0.2) is 0 Å². The first-order valence-electron chi connectivity index (χ1n) is 4.95. The maximum Gasteiger partial charge on any atom is 0.293 e. The zero-order chi connectivity index (χ0) is 11.0. The van der Waals surface area contributed by atoms with Crippen LogP contribution in [-0.4, -0.2) is 36.4 Å². The molecule has 1 aliphatic rings. The molecule has 0 radical (unpaired) electrons. The van der Waals surface area contributed by atoms with Gasteiger partial charge in [-0.15, -0.1) is 0 Å². The first-order chi connectivity index (χ1) is 6.49. The van der Waals surface area contributed by atoms with Gasteiger partial charge in [0, 0.05) is 6.04 Å². The summed E-state index contributed by atoms with van der Waals surface area (Å²) in [5.41, 5.74) is -0.318. The van der Waals surface area contributed by atoms with Crippen LogP contribution in [0.1, 0.15) is 33.6 Å². The number of carbonyl (C=O) groups excluding carboxylic acids is 1. The molecule has 0 bridgehead atoms. The van der Waals surface area contributed by atoms with Gasteiger partial charge in [-0.3, -0.25) is 4.79 Å². The van der Waals surface area contributed by atoms with Crippen molar-refractivity contribution in [3.05, 3.63) is 0 Å². The Bertz CT molecular complexity index is 148. The number of aliphatic hydroxyl groups is 1. The lowest BCUT2D eigenvalue weighted by atomic mass is 10.2. The van der Waals surface area contributed by atoms with Crippen LogP contribution >= 0.6 is 0 Å². The lowest BCUT2D eigenvalue weighted by Crippen LogP contribution is -2.24. The normalized spacial score (nSPS) is 21.0. The van der Waals surface area contributed by atoms with Crippen LogP contribution in [0, 0.1) is 0 Å². The van der Waals surface area contributed by atoms with Crippen molar-refractivity contribution in [2.24, 2.45) is 0 Å². The Labute approximate surface area is 85.6 Å². The maximum absolute atomic E-state index is 9.60. The number of hydrogen-bond donors (Lipinski definition) is 2. The summed E-state index contributed by atoms with van der Waals surface area (Å²) in [5.74, 6) is 0. The first-order valence-corrected chi connectivity index (χ1v) is 4.95. The minimum absolute atomic E-state index is 0.306.